The molecule has 2 rings (SSSR count). The molecule has 1 saturated heterocycles. The SMILES string of the molecule is COc1ccc(CC2NC(C)(C)CO2)cc1.Cl. The molecule has 0 radical (unpaired) electrons. The topological polar surface area (TPSA) is 30.5 Å². The van der Waals surface area contributed by atoms with Crippen LogP contribution in [0.5, 0.6) is 5.75 Å². The van der Waals surface area contributed by atoms with Crippen LogP contribution in [0, 0.1) is 0 Å². The molecule has 4 heteroatoms. The molecule has 96 valence electrons. The molecule has 1 N–H and O–H groups in total. The van der Waals surface area contributed by atoms with Gasteiger partial charge in [0.2, 0.25) is 0 Å². The van der Waals surface area contributed by atoms with Crippen LogP contribution in [0.2, 0.25) is 0 Å². The van der Waals surface area contributed by atoms with Gasteiger partial charge < -0.3 is 9.47 Å². The maximum Gasteiger partial charge on any atom is 0.118 e. The zero-order valence-electron chi connectivity index (χ0n) is 10.5. The van der Waals surface area contributed by atoms with Gasteiger partial charge >= 0.3 is 0 Å². The van der Waals surface area contributed by atoms with E-state index in [-0.39, 0.29) is 24.2 Å². The predicted octanol–water partition coefficient (Wildman–Crippen LogP) is 2.38. The molecule has 3 nitrogen and oxygen atoms in total. The molecule has 1 aliphatic heterocycles. The van der Waals surface area contributed by atoms with E-state index in [4.69, 9.17) is 9.47 Å². The van der Waals surface area contributed by atoms with Crippen LogP contribution in [0.15, 0.2) is 24.3 Å². The van der Waals surface area contributed by atoms with Gasteiger partial charge in [0.15, 0.2) is 0 Å². The Bertz CT molecular complexity index is 351. The molecule has 0 bridgehead atoms. The van der Waals surface area contributed by atoms with E-state index in [9.17, 15) is 0 Å². The number of nitrogens with one attached hydrogen (secondary N) is 1. The second-order valence-corrected chi connectivity index (χ2v) is 4.88. The molecular weight excluding hydrogens is 238 g/mol. The van der Waals surface area contributed by atoms with E-state index in [1.165, 1.54) is 5.56 Å². The average molecular weight is 258 g/mol. The third kappa shape index (κ3) is 3.87. The molecule has 0 saturated carbocycles. The first kappa shape index (κ1) is 14.3. The minimum atomic E-state index is 0. The van der Waals surface area contributed by atoms with Crippen LogP contribution in [0.4, 0.5) is 0 Å². The highest BCUT2D eigenvalue weighted by Gasteiger charge is 2.30. The van der Waals surface area contributed by atoms with Crippen molar-refractivity contribution < 1.29 is 9.47 Å². The second kappa shape index (κ2) is 5.71. The molecule has 1 atom stereocenters. The molecule has 1 fully saturated rings. The van der Waals surface area contributed by atoms with E-state index in [0.29, 0.717) is 0 Å². The monoisotopic (exact) mass is 257 g/mol. The molecule has 1 heterocycles. The van der Waals surface area contributed by atoms with Crippen LogP contribution >= 0.6 is 12.4 Å². The van der Waals surface area contributed by atoms with Gasteiger partial charge in [-0.1, -0.05) is 12.1 Å². The Balaban J connectivity index is 0.00000144. The Labute approximate surface area is 109 Å². The molecule has 1 aliphatic rings. The van der Waals surface area contributed by atoms with Gasteiger partial charge in [-0.05, 0) is 31.5 Å². The summed E-state index contributed by atoms with van der Waals surface area (Å²) in [6.07, 6.45) is 1.02. The fraction of sp³-hybridized carbons (Fsp3) is 0.538. The maximum atomic E-state index is 5.69. The minimum absolute atomic E-state index is 0. The average Bonchev–Trinajstić information content (AvgIpc) is 2.59. The number of methoxy groups -OCH3 is 1. The molecule has 0 amide bonds. The zero-order valence-corrected chi connectivity index (χ0v) is 11.3. The van der Waals surface area contributed by atoms with Crippen LogP contribution in [-0.2, 0) is 11.2 Å². The molecule has 0 aromatic heterocycles. The molecular formula is C13H20ClNO2. The molecule has 0 spiro atoms. The van der Waals surface area contributed by atoms with Crippen molar-refractivity contribution in [3.8, 4) is 5.75 Å². The van der Waals surface area contributed by atoms with Crippen molar-refractivity contribution in [2.45, 2.75) is 32.0 Å². The van der Waals surface area contributed by atoms with Gasteiger partial charge in [0.05, 0.1) is 13.7 Å². The van der Waals surface area contributed by atoms with Gasteiger partial charge in [0.25, 0.3) is 0 Å². The van der Waals surface area contributed by atoms with Gasteiger partial charge in [-0.25, -0.2) is 0 Å². The van der Waals surface area contributed by atoms with Crippen molar-refractivity contribution in [3.05, 3.63) is 29.8 Å². The fourth-order valence-electron chi connectivity index (χ4n) is 1.91. The Kier molecular flexibility index (Phi) is 4.80. The van der Waals surface area contributed by atoms with Crippen molar-refractivity contribution >= 4 is 12.4 Å². The van der Waals surface area contributed by atoms with Gasteiger partial charge in [-0.15, -0.1) is 12.4 Å². The number of benzene rings is 1. The summed E-state index contributed by atoms with van der Waals surface area (Å²) in [4.78, 5) is 0. The largest absolute Gasteiger partial charge is 0.497 e. The molecule has 0 aliphatic carbocycles. The van der Waals surface area contributed by atoms with Gasteiger partial charge in [0, 0.05) is 12.0 Å². The summed E-state index contributed by atoms with van der Waals surface area (Å²) in [5, 5.41) is 3.45. The Hall–Kier alpha value is -0.770. The number of ether oxygens (including phenoxy) is 2. The standard InChI is InChI=1S/C13H19NO2.ClH/c1-13(2)9-16-12(14-13)8-10-4-6-11(15-3)7-5-10;/h4-7,12,14H,8-9H2,1-3H3;1H. The number of halogens is 1. The van der Waals surface area contributed by atoms with Crippen molar-refractivity contribution in [1.82, 2.24) is 5.32 Å². The lowest BCUT2D eigenvalue weighted by molar-refractivity contribution is 0.0987. The summed E-state index contributed by atoms with van der Waals surface area (Å²) >= 11 is 0. The van der Waals surface area contributed by atoms with Crippen LogP contribution in [0.1, 0.15) is 19.4 Å². The summed E-state index contributed by atoms with van der Waals surface area (Å²) in [7, 11) is 1.68. The normalized spacial score (nSPS) is 21.9. The Morgan fingerprint density at radius 2 is 2.00 bits per heavy atom. The van der Waals surface area contributed by atoms with Crippen LogP contribution in [-0.4, -0.2) is 25.5 Å². The lowest BCUT2D eigenvalue weighted by Gasteiger charge is -2.17. The van der Waals surface area contributed by atoms with Gasteiger partial charge in [-0.2, -0.15) is 0 Å². The summed E-state index contributed by atoms with van der Waals surface area (Å²) in [6.45, 7) is 5.08. The lowest BCUT2D eigenvalue weighted by Crippen LogP contribution is -2.39. The highest BCUT2D eigenvalue weighted by molar-refractivity contribution is 5.85. The van der Waals surface area contributed by atoms with Crippen molar-refractivity contribution in [1.29, 1.82) is 0 Å². The first-order valence-electron chi connectivity index (χ1n) is 5.61. The first-order chi connectivity index (χ1) is 7.59. The van der Waals surface area contributed by atoms with E-state index >= 15 is 0 Å². The van der Waals surface area contributed by atoms with Gasteiger partial charge in [0.1, 0.15) is 12.0 Å². The highest BCUT2D eigenvalue weighted by atomic mass is 35.5. The Morgan fingerprint density at radius 1 is 1.35 bits per heavy atom. The van der Waals surface area contributed by atoms with Crippen LogP contribution in [0.25, 0.3) is 0 Å². The summed E-state index contributed by atoms with van der Waals surface area (Å²) in [5.41, 5.74) is 1.35. The van der Waals surface area contributed by atoms with E-state index in [1.807, 2.05) is 12.1 Å². The third-order valence-electron chi connectivity index (χ3n) is 2.78. The zero-order chi connectivity index (χ0) is 11.6. The number of rotatable bonds is 3. The van der Waals surface area contributed by atoms with Crippen LogP contribution < -0.4 is 10.1 Å². The Morgan fingerprint density at radius 3 is 2.47 bits per heavy atom. The summed E-state index contributed by atoms with van der Waals surface area (Å²) < 4.78 is 10.8. The lowest BCUT2D eigenvalue weighted by atomic mass is 10.1. The van der Waals surface area contributed by atoms with Crippen molar-refractivity contribution in [3.63, 3.8) is 0 Å². The summed E-state index contributed by atoms with van der Waals surface area (Å²) in [6, 6.07) is 8.12. The second-order valence-electron chi connectivity index (χ2n) is 4.88. The third-order valence-corrected chi connectivity index (χ3v) is 2.78. The smallest absolute Gasteiger partial charge is 0.118 e. The van der Waals surface area contributed by atoms with Crippen molar-refractivity contribution in [2.24, 2.45) is 0 Å². The molecule has 1 aromatic rings. The molecule has 17 heavy (non-hydrogen) atoms. The van der Waals surface area contributed by atoms with E-state index < -0.39 is 0 Å². The van der Waals surface area contributed by atoms with Gasteiger partial charge in [-0.3, -0.25) is 5.32 Å². The number of hydrogen-bond donors (Lipinski definition) is 1. The predicted molar refractivity (Wildman–Crippen MR) is 70.9 cm³/mol. The fourth-order valence-corrected chi connectivity index (χ4v) is 1.91. The van der Waals surface area contributed by atoms with E-state index in [1.54, 1.807) is 7.11 Å². The molecule has 1 aromatic carbocycles. The first-order valence-corrected chi connectivity index (χ1v) is 5.61. The minimum Gasteiger partial charge on any atom is -0.497 e. The van der Waals surface area contributed by atoms with E-state index in [0.717, 1.165) is 18.8 Å². The van der Waals surface area contributed by atoms with E-state index in [2.05, 4.69) is 31.3 Å². The van der Waals surface area contributed by atoms with Crippen molar-refractivity contribution in [2.75, 3.05) is 13.7 Å². The quantitative estimate of drug-likeness (QED) is 0.902. The number of hydrogen-bond acceptors (Lipinski definition) is 3. The summed E-state index contributed by atoms with van der Waals surface area (Å²) in [5.74, 6) is 0.893. The maximum absolute atomic E-state index is 5.69. The molecule has 1 unspecified atom stereocenters. The highest BCUT2D eigenvalue weighted by Crippen LogP contribution is 2.18. The van der Waals surface area contributed by atoms with Crippen LogP contribution in [0.3, 0.4) is 0 Å².